The van der Waals surface area contributed by atoms with Crippen molar-refractivity contribution >= 4 is 11.8 Å². The van der Waals surface area contributed by atoms with Crippen LogP contribution in [0.3, 0.4) is 0 Å². The van der Waals surface area contributed by atoms with Gasteiger partial charge in [0.15, 0.2) is 6.54 Å². The Balaban J connectivity index is 1.59. The summed E-state index contributed by atoms with van der Waals surface area (Å²) in [5, 5.41) is 6.89. The van der Waals surface area contributed by atoms with E-state index in [-0.39, 0.29) is 11.3 Å². The largest absolute Gasteiger partial charge is 0.497 e. The van der Waals surface area contributed by atoms with Gasteiger partial charge in [0.1, 0.15) is 12.3 Å². The summed E-state index contributed by atoms with van der Waals surface area (Å²) in [4.78, 5) is 13.7. The molecule has 0 bridgehead atoms. The minimum atomic E-state index is -0.105. The predicted molar refractivity (Wildman–Crippen MR) is 99.4 cm³/mol. The molecule has 6 heteroatoms. The van der Waals surface area contributed by atoms with Gasteiger partial charge in [-0.15, -0.1) is 0 Å². The van der Waals surface area contributed by atoms with Crippen LogP contribution < -0.4 is 15.0 Å². The Bertz CT molecular complexity index is 742. The van der Waals surface area contributed by atoms with Crippen LogP contribution in [0.25, 0.3) is 0 Å². The summed E-state index contributed by atoms with van der Waals surface area (Å²) in [7, 11) is 1.66. The van der Waals surface area contributed by atoms with E-state index in [0.29, 0.717) is 18.5 Å². The lowest BCUT2D eigenvalue weighted by molar-refractivity contribution is -0.916. The minimum Gasteiger partial charge on any atom is -0.497 e. The first-order chi connectivity index (χ1) is 12.3. The molecule has 1 unspecified atom stereocenters. The SMILES string of the molecule is COc1ccc(C[NH+](CC(=O)Nc2cc(C(C)(C)C)no2)C2CC2)cc1. The summed E-state index contributed by atoms with van der Waals surface area (Å²) < 4.78 is 10.5. The molecule has 0 spiro atoms. The van der Waals surface area contributed by atoms with Gasteiger partial charge in [-0.05, 0) is 24.3 Å². The monoisotopic (exact) mass is 358 g/mol. The summed E-state index contributed by atoms with van der Waals surface area (Å²) in [5.41, 5.74) is 1.93. The molecule has 0 radical (unpaired) electrons. The zero-order valence-corrected chi connectivity index (χ0v) is 16.0. The van der Waals surface area contributed by atoms with Gasteiger partial charge in [0.2, 0.25) is 5.88 Å². The standard InChI is InChI=1S/C20H27N3O3/c1-20(2,3)17-11-19(26-22-17)21-18(24)13-23(15-7-8-15)12-14-5-9-16(25-4)10-6-14/h5-6,9-11,15H,7-8,12-13H2,1-4H3,(H,21,24)/p+1. The van der Waals surface area contributed by atoms with Gasteiger partial charge in [0.05, 0.1) is 18.8 Å². The number of hydrogen-bond donors (Lipinski definition) is 2. The highest BCUT2D eigenvalue weighted by Gasteiger charge is 2.34. The number of methoxy groups -OCH3 is 1. The van der Waals surface area contributed by atoms with Crippen LogP contribution in [0.5, 0.6) is 5.75 Å². The second kappa shape index (κ2) is 7.50. The molecule has 1 heterocycles. The Morgan fingerprint density at radius 2 is 2.00 bits per heavy atom. The van der Waals surface area contributed by atoms with E-state index in [1.165, 1.54) is 23.3 Å². The third kappa shape index (κ3) is 4.85. The number of amides is 1. The highest BCUT2D eigenvalue weighted by molar-refractivity contribution is 5.90. The maximum absolute atomic E-state index is 12.5. The third-order valence-corrected chi connectivity index (χ3v) is 4.67. The molecule has 1 aliphatic rings. The fraction of sp³-hybridized carbons (Fsp3) is 0.500. The van der Waals surface area contributed by atoms with Gasteiger partial charge in [0.25, 0.3) is 5.91 Å². The number of hydrogen-bond acceptors (Lipinski definition) is 4. The molecule has 0 aliphatic heterocycles. The van der Waals surface area contributed by atoms with Crippen molar-refractivity contribution in [3.05, 3.63) is 41.6 Å². The fourth-order valence-electron chi connectivity index (χ4n) is 2.92. The summed E-state index contributed by atoms with van der Waals surface area (Å²) in [6.45, 7) is 7.42. The van der Waals surface area contributed by atoms with Gasteiger partial charge < -0.3 is 14.2 Å². The topological polar surface area (TPSA) is 68.8 Å². The van der Waals surface area contributed by atoms with Crippen molar-refractivity contribution in [2.24, 2.45) is 0 Å². The Hall–Kier alpha value is -2.34. The molecular formula is C20H28N3O3+. The zero-order valence-electron chi connectivity index (χ0n) is 16.0. The van der Waals surface area contributed by atoms with Crippen LogP contribution in [0, 0.1) is 0 Å². The maximum atomic E-state index is 12.5. The molecule has 1 amide bonds. The Morgan fingerprint density at radius 3 is 2.54 bits per heavy atom. The molecule has 1 aliphatic carbocycles. The van der Waals surface area contributed by atoms with Gasteiger partial charge in [-0.25, -0.2) is 0 Å². The smallest absolute Gasteiger partial charge is 0.281 e. The van der Waals surface area contributed by atoms with E-state index in [4.69, 9.17) is 9.26 Å². The van der Waals surface area contributed by atoms with Crippen molar-refractivity contribution in [1.29, 1.82) is 0 Å². The van der Waals surface area contributed by atoms with Crippen molar-refractivity contribution in [3.63, 3.8) is 0 Å². The lowest BCUT2D eigenvalue weighted by Gasteiger charge is -2.18. The lowest BCUT2D eigenvalue weighted by atomic mass is 9.92. The van der Waals surface area contributed by atoms with Crippen molar-refractivity contribution < 1.29 is 19.0 Å². The van der Waals surface area contributed by atoms with E-state index in [9.17, 15) is 4.79 Å². The summed E-state index contributed by atoms with van der Waals surface area (Å²) in [6, 6.07) is 10.4. The van der Waals surface area contributed by atoms with Gasteiger partial charge >= 0.3 is 0 Å². The first-order valence-electron chi connectivity index (χ1n) is 9.09. The zero-order chi connectivity index (χ0) is 18.7. The average molecular weight is 358 g/mol. The number of benzene rings is 1. The number of rotatable bonds is 7. The first kappa shape index (κ1) is 18.5. The number of aromatic nitrogens is 1. The van der Waals surface area contributed by atoms with Crippen molar-refractivity contribution in [1.82, 2.24) is 5.16 Å². The first-order valence-corrected chi connectivity index (χ1v) is 9.09. The van der Waals surface area contributed by atoms with Crippen molar-refractivity contribution in [2.75, 3.05) is 19.0 Å². The summed E-state index contributed by atoms with van der Waals surface area (Å²) >= 11 is 0. The molecule has 26 heavy (non-hydrogen) atoms. The average Bonchev–Trinajstić information content (AvgIpc) is 3.33. The second-order valence-corrected chi connectivity index (χ2v) is 8.01. The number of ether oxygens (including phenoxy) is 1. The molecule has 6 nitrogen and oxygen atoms in total. The van der Waals surface area contributed by atoms with Crippen LogP contribution >= 0.6 is 0 Å². The van der Waals surface area contributed by atoms with Gasteiger partial charge in [0, 0.05) is 29.9 Å². The van der Waals surface area contributed by atoms with Crippen molar-refractivity contribution in [3.8, 4) is 5.75 Å². The molecule has 3 rings (SSSR count). The summed E-state index contributed by atoms with van der Waals surface area (Å²) in [5.74, 6) is 1.22. The Labute approximate surface area is 154 Å². The lowest BCUT2D eigenvalue weighted by Crippen LogP contribution is -3.13. The van der Waals surface area contributed by atoms with Crippen LogP contribution in [0.1, 0.15) is 44.9 Å². The van der Waals surface area contributed by atoms with Crippen LogP contribution in [-0.4, -0.2) is 30.8 Å². The van der Waals surface area contributed by atoms with Gasteiger partial charge in [-0.1, -0.05) is 25.9 Å². The summed E-state index contributed by atoms with van der Waals surface area (Å²) in [6.07, 6.45) is 2.35. The van der Waals surface area contributed by atoms with Gasteiger partial charge in [-0.2, -0.15) is 0 Å². The molecule has 1 aromatic carbocycles. The highest BCUT2D eigenvalue weighted by atomic mass is 16.5. The second-order valence-electron chi connectivity index (χ2n) is 8.01. The Kier molecular flexibility index (Phi) is 5.32. The van der Waals surface area contributed by atoms with Crippen LogP contribution in [-0.2, 0) is 16.8 Å². The quantitative estimate of drug-likeness (QED) is 0.796. The molecule has 1 saturated carbocycles. The number of carbonyl (C=O) groups is 1. The van der Waals surface area contributed by atoms with Crippen molar-refractivity contribution in [2.45, 2.75) is 51.6 Å². The number of carbonyl (C=O) groups excluding carboxylic acids is 1. The molecule has 140 valence electrons. The Morgan fingerprint density at radius 1 is 1.31 bits per heavy atom. The maximum Gasteiger partial charge on any atom is 0.281 e. The molecule has 1 aromatic heterocycles. The van der Waals surface area contributed by atoms with E-state index in [1.54, 1.807) is 13.2 Å². The molecule has 0 saturated heterocycles. The molecular weight excluding hydrogens is 330 g/mol. The van der Waals surface area contributed by atoms with Crippen LogP contribution in [0.2, 0.25) is 0 Å². The van der Waals surface area contributed by atoms with E-state index in [2.05, 4.69) is 43.4 Å². The van der Waals surface area contributed by atoms with Crippen LogP contribution in [0.15, 0.2) is 34.9 Å². The molecule has 1 atom stereocenters. The number of nitrogens with one attached hydrogen (secondary N) is 2. The molecule has 1 fully saturated rings. The highest BCUT2D eigenvalue weighted by Crippen LogP contribution is 2.23. The van der Waals surface area contributed by atoms with Crippen LogP contribution in [0.4, 0.5) is 5.88 Å². The van der Waals surface area contributed by atoms with E-state index < -0.39 is 0 Å². The van der Waals surface area contributed by atoms with Gasteiger partial charge in [-0.3, -0.25) is 10.1 Å². The molecule has 2 aromatic rings. The van der Waals surface area contributed by atoms with E-state index in [1.807, 2.05) is 12.1 Å². The van der Waals surface area contributed by atoms with E-state index >= 15 is 0 Å². The number of quaternary nitrogens is 1. The fourth-order valence-corrected chi connectivity index (χ4v) is 2.92. The number of nitrogens with zero attached hydrogens (tertiary/aromatic N) is 1. The minimum absolute atomic E-state index is 0.0444. The third-order valence-electron chi connectivity index (χ3n) is 4.67. The number of anilines is 1. The normalized spacial score (nSPS) is 15.5. The van der Waals surface area contributed by atoms with E-state index in [0.717, 1.165) is 18.0 Å². The molecule has 2 N–H and O–H groups in total. The predicted octanol–water partition coefficient (Wildman–Crippen LogP) is 2.17.